The molecule has 0 heterocycles. The molecule has 0 fully saturated rings. The highest BCUT2D eigenvalue weighted by Gasteiger charge is 2.13. The maximum absolute atomic E-state index is 10.0. The number of hydrogen-bond acceptors (Lipinski definition) is 4. The lowest BCUT2D eigenvalue weighted by Crippen LogP contribution is -2.06. The SMILES string of the molecule is N#Cc1ccccc1COC(O)c1ccccc1C#N. The summed E-state index contributed by atoms with van der Waals surface area (Å²) in [7, 11) is 0. The zero-order chi connectivity index (χ0) is 14.4. The summed E-state index contributed by atoms with van der Waals surface area (Å²) in [5.74, 6) is 0. The molecule has 1 unspecified atom stereocenters. The van der Waals surface area contributed by atoms with Gasteiger partial charge < -0.3 is 9.84 Å². The van der Waals surface area contributed by atoms with Crippen molar-refractivity contribution >= 4 is 0 Å². The summed E-state index contributed by atoms with van der Waals surface area (Å²) in [4.78, 5) is 0. The molecule has 4 nitrogen and oxygen atoms in total. The van der Waals surface area contributed by atoms with Gasteiger partial charge in [-0.25, -0.2) is 0 Å². The van der Waals surface area contributed by atoms with Crippen LogP contribution in [0.4, 0.5) is 0 Å². The van der Waals surface area contributed by atoms with Gasteiger partial charge in [0.1, 0.15) is 0 Å². The van der Waals surface area contributed by atoms with E-state index in [1.54, 1.807) is 48.5 Å². The van der Waals surface area contributed by atoms with E-state index in [0.29, 0.717) is 22.3 Å². The molecule has 0 aliphatic carbocycles. The fraction of sp³-hybridized carbons (Fsp3) is 0.125. The van der Waals surface area contributed by atoms with E-state index in [1.807, 2.05) is 6.07 Å². The van der Waals surface area contributed by atoms with E-state index < -0.39 is 6.29 Å². The summed E-state index contributed by atoms with van der Waals surface area (Å²) in [6.45, 7) is 0.102. The van der Waals surface area contributed by atoms with Crippen molar-refractivity contribution in [2.45, 2.75) is 12.9 Å². The quantitative estimate of drug-likeness (QED) is 0.861. The van der Waals surface area contributed by atoms with Gasteiger partial charge in [0.15, 0.2) is 6.29 Å². The largest absolute Gasteiger partial charge is 0.364 e. The first kappa shape index (κ1) is 13.8. The molecule has 0 aromatic heterocycles. The fourth-order valence-electron chi connectivity index (χ4n) is 1.83. The second-order valence-corrected chi connectivity index (χ2v) is 4.13. The minimum Gasteiger partial charge on any atom is -0.364 e. The molecule has 20 heavy (non-hydrogen) atoms. The normalized spacial score (nSPS) is 11.3. The molecule has 0 aliphatic rings. The lowest BCUT2D eigenvalue weighted by molar-refractivity contribution is -0.112. The molecular weight excluding hydrogens is 252 g/mol. The minimum atomic E-state index is -1.20. The Morgan fingerprint density at radius 3 is 2.25 bits per heavy atom. The summed E-state index contributed by atoms with van der Waals surface area (Å²) in [6.07, 6.45) is -1.20. The predicted molar refractivity (Wildman–Crippen MR) is 72.1 cm³/mol. The fourth-order valence-corrected chi connectivity index (χ4v) is 1.83. The van der Waals surface area contributed by atoms with Crippen LogP contribution in [0.5, 0.6) is 0 Å². The van der Waals surface area contributed by atoms with E-state index in [9.17, 15) is 5.11 Å². The topological polar surface area (TPSA) is 77.0 Å². The van der Waals surface area contributed by atoms with Crippen LogP contribution < -0.4 is 0 Å². The Kier molecular flexibility index (Phi) is 4.47. The van der Waals surface area contributed by atoms with Crippen molar-refractivity contribution in [3.63, 3.8) is 0 Å². The van der Waals surface area contributed by atoms with Gasteiger partial charge in [-0.2, -0.15) is 10.5 Å². The number of nitrogens with zero attached hydrogens (tertiary/aromatic N) is 2. The summed E-state index contributed by atoms with van der Waals surface area (Å²) in [5, 5.41) is 27.9. The third-order valence-corrected chi connectivity index (χ3v) is 2.88. The molecule has 0 radical (unpaired) electrons. The average Bonchev–Trinajstić information content (AvgIpc) is 2.52. The van der Waals surface area contributed by atoms with Gasteiger partial charge in [-0.05, 0) is 17.7 Å². The number of rotatable bonds is 4. The van der Waals surface area contributed by atoms with Crippen LogP contribution in [0.2, 0.25) is 0 Å². The van der Waals surface area contributed by atoms with Gasteiger partial charge in [0.25, 0.3) is 0 Å². The smallest absolute Gasteiger partial charge is 0.182 e. The molecule has 1 N–H and O–H groups in total. The second kappa shape index (κ2) is 6.49. The Labute approximate surface area is 117 Å². The van der Waals surface area contributed by atoms with Crippen LogP contribution in [0.15, 0.2) is 48.5 Å². The zero-order valence-electron chi connectivity index (χ0n) is 10.7. The molecule has 0 aliphatic heterocycles. The molecule has 98 valence electrons. The third-order valence-electron chi connectivity index (χ3n) is 2.88. The van der Waals surface area contributed by atoms with Crippen LogP contribution in [0.25, 0.3) is 0 Å². The van der Waals surface area contributed by atoms with E-state index in [1.165, 1.54) is 0 Å². The van der Waals surface area contributed by atoms with Crippen LogP contribution >= 0.6 is 0 Å². The summed E-state index contributed by atoms with van der Waals surface area (Å²) < 4.78 is 5.35. The van der Waals surface area contributed by atoms with Gasteiger partial charge in [0, 0.05) is 5.56 Å². The second-order valence-electron chi connectivity index (χ2n) is 4.13. The summed E-state index contributed by atoms with van der Waals surface area (Å²) in [5.41, 5.74) is 2.00. The first-order valence-electron chi connectivity index (χ1n) is 6.03. The van der Waals surface area contributed by atoms with Gasteiger partial charge in [-0.15, -0.1) is 0 Å². The van der Waals surface area contributed by atoms with Gasteiger partial charge in [0.05, 0.1) is 29.9 Å². The lowest BCUT2D eigenvalue weighted by Gasteiger charge is -2.14. The molecule has 0 amide bonds. The molecular formula is C16H12N2O2. The van der Waals surface area contributed by atoms with Crippen LogP contribution in [0.3, 0.4) is 0 Å². The zero-order valence-corrected chi connectivity index (χ0v) is 10.7. The van der Waals surface area contributed by atoms with Crippen LogP contribution in [0.1, 0.15) is 28.5 Å². The van der Waals surface area contributed by atoms with Gasteiger partial charge in [-0.1, -0.05) is 36.4 Å². The third kappa shape index (κ3) is 3.02. The molecule has 4 heteroatoms. The Hall–Kier alpha value is -2.66. The van der Waals surface area contributed by atoms with Crippen molar-refractivity contribution in [2.24, 2.45) is 0 Å². The number of aliphatic hydroxyl groups excluding tert-OH is 1. The molecule has 2 rings (SSSR count). The van der Waals surface area contributed by atoms with E-state index in [0.717, 1.165) is 0 Å². The lowest BCUT2D eigenvalue weighted by atomic mass is 10.1. The van der Waals surface area contributed by atoms with Crippen LogP contribution in [-0.4, -0.2) is 5.11 Å². The number of hydrogen-bond donors (Lipinski definition) is 1. The van der Waals surface area contributed by atoms with E-state index in [4.69, 9.17) is 15.3 Å². The number of ether oxygens (including phenoxy) is 1. The van der Waals surface area contributed by atoms with Crippen molar-refractivity contribution in [2.75, 3.05) is 0 Å². The van der Waals surface area contributed by atoms with Gasteiger partial charge in [0.2, 0.25) is 0 Å². The van der Waals surface area contributed by atoms with Crippen LogP contribution in [0, 0.1) is 22.7 Å². The Morgan fingerprint density at radius 2 is 1.55 bits per heavy atom. The minimum absolute atomic E-state index is 0.102. The standard InChI is InChI=1S/C16H12N2O2/c17-9-12-5-1-2-7-14(12)11-20-16(19)15-8-4-3-6-13(15)10-18/h1-8,16,19H,11H2. The highest BCUT2D eigenvalue weighted by atomic mass is 16.6. The maximum Gasteiger partial charge on any atom is 0.182 e. The molecule has 0 saturated heterocycles. The molecule has 2 aromatic carbocycles. The molecule has 1 atom stereocenters. The number of benzene rings is 2. The predicted octanol–water partition coefficient (Wildman–Crippen LogP) is 2.64. The number of aliphatic hydroxyl groups is 1. The molecule has 0 bridgehead atoms. The van der Waals surface area contributed by atoms with Crippen molar-refractivity contribution in [1.82, 2.24) is 0 Å². The van der Waals surface area contributed by atoms with Crippen molar-refractivity contribution in [3.8, 4) is 12.1 Å². The molecule has 0 spiro atoms. The first-order chi connectivity index (χ1) is 9.76. The van der Waals surface area contributed by atoms with Crippen molar-refractivity contribution in [3.05, 3.63) is 70.8 Å². The summed E-state index contributed by atoms with van der Waals surface area (Å²) in [6, 6.07) is 17.8. The monoisotopic (exact) mass is 264 g/mol. The highest BCUT2D eigenvalue weighted by Crippen LogP contribution is 2.20. The van der Waals surface area contributed by atoms with Crippen molar-refractivity contribution in [1.29, 1.82) is 10.5 Å². The Bertz CT molecular complexity index is 683. The molecule has 0 saturated carbocycles. The van der Waals surface area contributed by atoms with E-state index >= 15 is 0 Å². The van der Waals surface area contributed by atoms with E-state index in [-0.39, 0.29) is 6.61 Å². The maximum atomic E-state index is 10.0. The van der Waals surface area contributed by atoms with Crippen LogP contribution in [-0.2, 0) is 11.3 Å². The molecule has 2 aromatic rings. The Morgan fingerprint density at radius 1 is 0.950 bits per heavy atom. The Balaban J connectivity index is 2.12. The average molecular weight is 264 g/mol. The van der Waals surface area contributed by atoms with Crippen molar-refractivity contribution < 1.29 is 9.84 Å². The van der Waals surface area contributed by atoms with E-state index in [2.05, 4.69) is 6.07 Å². The van der Waals surface area contributed by atoms with Gasteiger partial charge in [-0.3, -0.25) is 0 Å². The highest BCUT2D eigenvalue weighted by molar-refractivity contribution is 5.38. The summed E-state index contributed by atoms with van der Waals surface area (Å²) >= 11 is 0. The first-order valence-corrected chi connectivity index (χ1v) is 6.03. The number of nitriles is 2. The van der Waals surface area contributed by atoms with Gasteiger partial charge >= 0.3 is 0 Å².